The Kier molecular flexibility index (Phi) is 21.0. The molecule has 0 fully saturated rings. The van der Waals surface area contributed by atoms with Crippen molar-refractivity contribution in [1.82, 2.24) is 10.6 Å². The Bertz CT molecular complexity index is 2340. The number of aliphatic hydroxyl groups excluding tert-OH is 1. The molecule has 70 heavy (non-hydrogen) atoms. The second-order valence-electron chi connectivity index (χ2n) is 15.7. The maximum absolute atomic E-state index is 14.4. The van der Waals surface area contributed by atoms with E-state index >= 15 is 0 Å². The van der Waals surface area contributed by atoms with Crippen LogP contribution in [0.2, 0.25) is 0 Å². The fourth-order valence-corrected chi connectivity index (χ4v) is 7.82. The van der Waals surface area contributed by atoms with Gasteiger partial charge in [-0.05, 0) is 83.9 Å². The van der Waals surface area contributed by atoms with E-state index in [0.717, 1.165) is 34.4 Å². The summed E-state index contributed by atoms with van der Waals surface area (Å²) in [7, 11) is 0. The third kappa shape index (κ3) is 15.3. The number of fused-ring (bicyclic) bond motifs is 6. The monoisotopic (exact) mass is 997 g/mol. The molecule has 2 aliphatic rings. The summed E-state index contributed by atoms with van der Waals surface area (Å²) < 4.78 is 77.8. The molecule has 0 unspecified atom stereocenters. The first-order chi connectivity index (χ1) is 34.0. The van der Waals surface area contributed by atoms with Gasteiger partial charge in [0.05, 0.1) is 111 Å². The summed E-state index contributed by atoms with van der Waals surface area (Å²) in [5.41, 5.74) is 3.62. The number of amides is 1. The van der Waals surface area contributed by atoms with Crippen molar-refractivity contribution in [2.75, 3.05) is 111 Å². The lowest BCUT2D eigenvalue weighted by molar-refractivity contribution is -0.136. The van der Waals surface area contributed by atoms with Gasteiger partial charge in [-0.2, -0.15) is 0 Å². The van der Waals surface area contributed by atoms with Crippen molar-refractivity contribution in [3.8, 4) is 17.2 Å². The van der Waals surface area contributed by atoms with Crippen molar-refractivity contribution in [2.45, 2.75) is 31.4 Å². The minimum Gasteiger partial charge on any atom is -0.508 e. The standard InChI is InChI=1S/C49H57F2N3O15S/c50-42-25-32(31-53-44(58)7-11-61-14-10-55)26-43(51)46(42)68-45(59)8-12-62-15-17-64-19-21-66-23-24-67-22-20-65-18-16-63-13-9-52-48(70)54-35-1-4-41-38(30-35)47(60)69-49(41)39-5-2-36(56)28-33(39)27-34-29-37(57)3-6-40(34)49/h1-6,25-26,28-30,55-57H,7-24,27,31H2,(H,53,58)(H2,52,54,70). The fraction of sp³-hybridized carbons (Fsp3) is 0.429. The second kappa shape index (κ2) is 27.5. The van der Waals surface area contributed by atoms with Gasteiger partial charge in [-0.1, -0.05) is 18.2 Å². The molecule has 6 N–H and O–H groups in total. The van der Waals surface area contributed by atoms with Gasteiger partial charge >= 0.3 is 11.9 Å². The predicted octanol–water partition coefficient (Wildman–Crippen LogP) is 4.14. The molecule has 0 radical (unpaired) electrons. The van der Waals surface area contributed by atoms with E-state index < -0.39 is 40.8 Å². The number of carbonyl (C=O) groups excluding carboxylic acids is 3. The molecule has 21 heteroatoms. The number of hydrogen-bond acceptors (Lipinski definition) is 16. The summed E-state index contributed by atoms with van der Waals surface area (Å²) in [6.07, 6.45) is 0.230. The Labute approximate surface area is 408 Å². The van der Waals surface area contributed by atoms with Crippen LogP contribution in [-0.2, 0) is 66.1 Å². The zero-order chi connectivity index (χ0) is 49.7. The van der Waals surface area contributed by atoms with E-state index in [4.69, 9.17) is 60.0 Å². The number of rotatable bonds is 30. The van der Waals surface area contributed by atoms with Crippen molar-refractivity contribution in [3.63, 3.8) is 0 Å². The highest BCUT2D eigenvalue weighted by atomic mass is 32.1. The van der Waals surface area contributed by atoms with Gasteiger partial charge in [0.1, 0.15) is 11.5 Å². The van der Waals surface area contributed by atoms with Crippen LogP contribution in [0, 0.1) is 11.6 Å². The van der Waals surface area contributed by atoms with Gasteiger partial charge in [-0.15, -0.1) is 0 Å². The lowest BCUT2D eigenvalue weighted by Crippen LogP contribution is -2.35. The summed E-state index contributed by atoms with van der Waals surface area (Å²) in [4.78, 5) is 37.3. The number of thiocarbonyl (C=S) groups is 1. The molecule has 1 aliphatic heterocycles. The smallest absolute Gasteiger partial charge is 0.340 e. The second-order valence-corrected chi connectivity index (χ2v) is 16.1. The Morgan fingerprint density at radius 2 is 1.16 bits per heavy atom. The molecule has 4 aromatic carbocycles. The van der Waals surface area contributed by atoms with Gasteiger partial charge in [0.2, 0.25) is 11.7 Å². The van der Waals surface area contributed by atoms with Crippen LogP contribution in [0.4, 0.5) is 14.5 Å². The molecule has 0 aromatic heterocycles. The van der Waals surface area contributed by atoms with Gasteiger partial charge in [0.15, 0.2) is 22.3 Å². The van der Waals surface area contributed by atoms with Gasteiger partial charge in [0.25, 0.3) is 0 Å². The third-order valence-corrected chi connectivity index (χ3v) is 11.0. The lowest BCUT2D eigenvalue weighted by Gasteiger charge is -2.37. The van der Waals surface area contributed by atoms with Crippen LogP contribution in [0.5, 0.6) is 17.2 Å². The SMILES string of the molecule is O=C(CCOCCO)NCc1cc(F)c(OC(=O)CCOCCOCCOCCOCCOCCOCCNC(=S)Nc2ccc3c(c2)C(=O)OC32c3ccc(O)cc3Cc3cc(O)ccc32)c(F)c1. The summed E-state index contributed by atoms with van der Waals surface area (Å²) in [6.45, 7) is 3.95. The zero-order valence-electron chi connectivity index (χ0n) is 38.4. The first kappa shape index (κ1) is 53.5. The van der Waals surface area contributed by atoms with Gasteiger partial charge in [0, 0.05) is 41.9 Å². The Morgan fingerprint density at radius 3 is 1.73 bits per heavy atom. The number of benzene rings is 4. The number of aliphatic hydroxyl groups is 1. The van der Waals surface area contributed by atoms with Gasteiger partial charge in [-0.25, -0.2) is 13.6 Å². The van der Waals surface area contributed by atoms with Crippen LogP contribution in [0.25, 0.3) is 0 Å². The molecule has 6 rings (SSSR count). The number of phenols is 2. The van der Waals surface area contributed by atoms with Gasteiger partial charge < -0.3 is 73.9 Å². The van der Waals surface area contributed by atoms with E-state index in [2.05, 4.69) is 16.0 Å². The molecular formula is C49H57F2N3O15S. The lowest BCUT2D eigenvalue weighted by atomic mass is 9.71. The first-order valence-electron chi connectivity index (χ1n) is 22.7. The number of hydrogen-bond donors (Lipinski definition) is 6. The summed E-state index contributed by atoms with van der Waals surface area (Å²) >= 11 is 5.47. The molecule has 0 saturated carbocycles. The van der Waals surface area contributed by atoms with Crippen LogP contribution in [0.15, 0.2) is 66.7 Å². The molecule has 0 atom stereocenters. The van der Waals surface area contributed by atoms with E-state index in [9.17, 15) is 33.4 Å². The van der Waals surface area contributed by atoms with Crippen LogP contribution in [-0.4, -0.2) is 144 Å². The predicted molar refractivity (Wildman–Crippen MR) is 251 cm³/mol. The number of nitrogens with one attached hydrogen (secondary N) is 3. The number of esters is 2. The number of aromatic hydroxyl groups is 2. The van der Waals surface area contributed by atoms with E-state index in [1.807, 2.05) is 12.1 Å². The number of anilines is 1. The van der Waals surface area contributed by atoms with E-state index in [-0.39, 0.29) is 76.1 Å². The maximum atomic E-state index is 14.4. The molecule has 0 bridgehead atoms. The minimum atomic E-state index is -1.23. The van der Waals surface area contributed by atoms with E-state index in [1.54, 1.807) is 42.5 Å². The Morgan fingerprint density at radius 1 is 0.643 bits per heavy atom. The van der Waals surface area contributed by atoms with Crippen LogP contribution >= 0.6 is 12.2 Å². The molecule has 1 heterocycles. The van der Waals surface area contributed by atoms with Crippen molar-refractivity contribution in [1.29, 1.82) is 0 Å². The van der Waals surface area contributed by atoms with Crippen LogP contribution < -0.4 is 20.7 Å². The highest BCUT2D eigenvalue weighted by molar-refractivity contribution is 7.80. The van der Waals surface area contributed by atoms with Crippen molar-refractivity contribution in [2.24, 2.45) is 0 Å². The molecule has 18 nitrogen and oxygen atoms in total. The maximum Gasteiger partial charge on any atom is 0.340 e. The number of carbonyl (C=O) groups is 3. The topological polar surface area (TPSA) is 231 Å². The molecule has 378 valence electrons. The highest BCUT2D eigenvalue weighted by Gasteiger charge is 2.52. The van der Waals surface area contributed by atoms with E-state index in [0.29, 0.717) is 94.4 Å². The number of ether oxygens (including phenoxy) is 9. The average Bonchev–Trinajstić information content (AvgIpc) is 3.61. The first-order valence-corrected chi connectivity index (χ1v) is 23.1. The molecule has 1 aliphatic carbocycles. The van der Waals surface area contributed by atoms with Crippen molar-refractivity contribution >= 4 is 40.9 Å². The van der Waals surface area contributed by atoms with Crippen molar-refractivity contribution in [3.05, 3.63) is 117 Å². The number of phenolic OH excluding ortho intramolecular Hbond substituents is 2. The minimum absolute atomic E-state index is 0.0169. The van der Waals surface area contributed by atoms with Gasteiger partial charge in [-0.3, -0.25) is 9.59 Å². The third-order valence-electron chi connectivity index (χ3n) is 10.8. The Balaban J connectivity index is 0.725. The molecular weight excluding hydrogens is 941 g/mol. The summed E-state index contributed by atoms with van der Waals surface area (Å²) in [5, 5.41) is 38.2. The largest absolute Gasteiger partial charge is 0.508 e. The number of halogens is 2. The molecule has 1 amide bonds. The molecule has 0 saturated heterocycles. The highest BCUT2D eigenvalue weighted by Crippen LogP contribution is 2.53. The zero-order valence-corrected chi connectivity index (χ0v) is 39.2. The molecule has 4 aromatic rings. The summed E-state index contributed by atoms with van der Waals surface area (Å²) in [6, 6.07) is 17.3. The van der Waals surface area contributed by atoms with Crippen molar-refractivity contribution < 1.29 is 81.1 Å². The fourth-order valence-electron chi connectivity index (χ4n) is 7.60. The van der Waals surface area contributed by atoms with E-state index in [1.165, 1.54) is 0 Å². The average molecular weight is 998 g/mol. The van der Waals surface area contributed by atoms with Crippen LogP contribution in [0.1, 0.15) is 56.6 Å². The Hall–Kier alpha value is -5.88. The molecule has 1 spiro atoms. The summed E-state index contributed by atoms with van der Waals surface area (Å²) in [5.74, 6) is -4.61. The quantitative estimate of drug-likeness (QED) is 0.0187. The van der Waals surface area contributed by atoms with Crippen LogP contribution in [0.3, 0.4) is 0 Å². The normalized spacial score (nSPS) is 13.0.